The van der Waals surface area contributed by atoms with E-state index in [1.165, 1.54) is 6.42 Å². The standard InChI is InChI=1S/C20H24N2O2.ClH/c1-3-13-12-22-9-7-14(13)10-19(22)20(23)16-6-8-21-18-5-4-15(24-2)11-17(16)18;/h3-6,8,11,13-14,19-20,23H,1,7,9-10,12H2,2H3;1H/t13-,14-,19+,20-;/m0./s1. The lowest BCUT2D eigenvalue weighted by Crippen LogP contribution is -2.54. The van der Waals surface area contributed by atoms with Gasteiger partial charge in [0.2, 0.25) is 0 Å². The van der Waals surface area contributed by atoms with Gasteiger partial charge in [-0.2, -0.15) is 0 Å². The van der Waals surface area contributed by atoms with Crippen molar-refractivity contribution in [3.8, 4) is 5.75 Å². The number of rotatable bonds is 4. The summed E-state index contributed by atoms with van der Waals surface area (Å²) in [5, 5.41) is 12.1. The molecule has 5 heteroatoms. The van der Waals surface area contributed by atoms with Gasteiger partial charge in [-0.3, -0.25) is 9.88 Å². The van der Waals surface area contributed by atoms with E-state index in [0.29, 0.717) is 11.8 Å². The molecule has 25 heavy (non-hydrogen) atoms. The third-order valence-corrected chi connectivity index (χ3v) is 5.82. The van der Waals surface area contributed by atoms with Crippen molar-refractivity contribution in [3.63, 3.8) is 0 Å². The van der Waals surface area contributed by atoms with Crippen molar-refractivity contribution in [1.29, 1.82) is 0 Å². The molecule has 4 nitrogen and oxygen atoms in total. The van der Waals surface area contributed by atoms with Crippen LogP contribution in [0, 0.1) is 11.8 Å². The van der Waals surface area contributed by atoms with Gasteiger partial charge in [0.05, 0.1) is 18.7 Å². The van der Waals surface area contributed by atoms with Gasteiger partial charge in [-0.05, 0) is 61.1 Å². The molecule has 4 heterocycles. The van der Waals surface area contributed by atoms with Crippen LogP contribution in [0.4, 0.5) is 0 Å². The average molecular weight is 361 g/mol. The largest absolute Gasteiger partial charge is 0.497 e. The molecule has 2 aromatic rings. The maximum absolute atomic E-state index is 11.2. The number of aliphatic hydroxyl groups is 1. The van der Waals surface area contributed by atoms with Crippen molar-refractivity contribution in [3.05, 3.63) is 48.7 Å². The fraction of sp³-hybridized carbons (Fsp3) is 0.450. The summed E-state index contributed by atoms with van der Waals surface area (Å²) in [7, 11) is 1.66. The number of nitrogens with zero attached hydrogens (tertiary/aromatic N) is 2. The Morgan fingerprint density at radius 3 is 2.92 bits per heavy atom. The molecular formula is C20H25ClN2O2. The molecule has 5 atom stereocenters. The second-order valence-corrected chi connectivity index (χ2v) is 6.97. The molecule has 134 valence electrons. The van der Waals surface area contributed by atoms with Crippen LogP contribution < -0.4 is 4.74 Å². The van der Waals surface area contributed by atoms with Crippen LogP contribution >= 0.6 is 12.4 Å². The Labute approximate surface area is 154 Å². The second kappa shape index (κ2) is 7.32. The van der Waals surface area contributed by atoms with Crippen molar-refractivity contribution in [2.75, 3.05) is 20.2 Å². The van der Waals surface area contributed by atoms with Crippen molar-refractivity contribution in [1.82, 2.24) is 9.88 Å². The number of ether oxygens (including phenoxy) is 1. The summed E-state index contributed by atoms with van der Waals surface area (Å²) in [6, 6.07) is 7.96. The van der Waals surface area contributed by atoms with Gasteiger partial charge in [-0.15, -0.1) is 19.0 Å². The zero-order valence-corrected chi connectivity index (χ0v) is 15.3. The number of pyridine rings is 1. The summed E-state index contributed by atoms with van der Waals surface area (Å²) in [4.78, 5) is 6.86. The summed E-state index contributed by atoms with van der Waals surface area (Å²) < 4.78 is 5.35. The Morgan fingerprint density at radius 2 is 2.24 bits per heavy atom. The Kier molecular flexibility index (Phi) is 5.32. The van der Waals surface area contributed by atoms with E-state index in [0.717, 1.165) is 41.7 Å². The van der Waals surface area contributed by atoms with Gasteiger partial charge in [0.25, 0.3) is 0 Å². The van der Waals surface area contributed by atoms with Gasteiger partial charge in [0, 0.05) is 24.2 Å². The Balaban J connectivity index is 0.00000182. The first-order valence-electron chi connectivity index (χ1n) is 8.68. The van der Waals surface area contributed by atoms with E-state index in [9.17, 15) is 5.11 Å². The number of benzene rings is 1. The van der Waals surface area contributed by atoms with Crippen LogP contribution in [0.2, 0.25) is 0 Å². The van der Waals surface area contributed by atoms with Gasteiger partial charge >= 0.3 is 0 Å². The van der Waals surface area contributed by atoms with Crippen LogP contribution in [-0.4, -0.2) is 41.2 Å². The number of aromatic nitrogens is 1. The summed E-state index contributed by atoms with van der Waals surface area (Å²) in [5.41, 5.74) is 1.85. The molecule has 3 fully saturated rings. The van der Waals surface area contributed by atoms with E-state index in [4.69, 9.17) is 4.74 Å². The van der Waals surface area contributed by atoms with Crippen molar-refractivity contribution in [2.45, 2.75) is 25.0 Å². The molecule has 0 saturated carbocycles. The van der Waals surface area contributed by atoms with E-state index in [-0.39, 0.29) is 18.4 Å². The maximum atomic E-state index is 11.2. The summed E-state index contributed by atoms with van der Waals surface area (Å²) >= 11 is 0. The highest BCUT2D eigenvalue weighted by Crippen LogP contribution is 2.42. The van der Waals surface area contributed by atoms with Crippen LogP contribution in [0.1, 0.15) is 24.5 Å². The van der Waals surface area contributed by atoms with Crippen LogP contribution in [0.3, 0.4) is 0 Å². The predicted octanol–water partition coefficient (Wildman–Crippen LogP) is 3.60. The number of hydrogen-bond acceptors (Lipinski definition) is 4. The predicted molar refractivity (Wildman–Crippen MR) is 102 cm³/mol. The van der Waals surface area contributed by atoms with E-state index >= 15 is 0 Å². The van der Waals surface area contributed by atoms with Gasteiger partial charge in [-0.1, -0.05) is 6.08 Å². The Bertz CT molecular complexity index is 766. The number of methoxy groups -OCH3 is 1. The van der Waals surface area contributed by atoms with E-state index in [2.05, 4.69) is 22.5 Å². The van der Waals surface area contributed by atoms with Crippen LogP contribution in [0.25, 0.3) is 10.9 Å². The molecule has 1 aromatic carbocycles. The molecular weight excluding hydrogens is 336 g/mol. The normalized spacial score (nSPS) is 29.0. The molecule has 0 unspecified atom stereocenters. The van der Waals surface area contributed by atoms with Crippen LogP contribution in [0.15, 0.2) is 43.1 Å². The van der Waals surface area contributed by atoms with E-state index in [1.54, 1.807) is 13.3 Å². The molecule has 1 N–H and O–H groups in total. The lowest BCUT2D eigenvalue weighted by molar-refractivity contribution is -0.0444. The zero-order chi connectivity index (χ0) is 16.7. The summed E-state index contributed by atoms with van der Waals surface area (Å²) in [5.74, 6) is 2.01. The molecule has 5 rings (SSSR count). The van der Waals surface area contributed by atoms with Gasteiger partial charge < -0.3 is 9.84 Å². The molecule has 3 aliphatic heterocycles. The zero-order valence-electron chi connectivity index (χ0n) is 14.5. The number of hydrogen-bond donors (Lipinski definition) is 1. The lowest BCUT2D eigenvalue weighted by atomic mass is 9.73. The molecule has 0 amide bonds. The van der Waals surface area contributed by atoms with Crippen LogP contribution in [0.5, 0.6) is 5.75 Å². The number of halogens is 1. The number of aliphatic hydroxyl groups excluding tert-OH is 1. The van der Waals surface area contributed by atoms with Gasteiger partial charge in [0.1, 0.15) is 5.75 Å². The minimum atomic E-state index is -0.504. The minimum Gasteiger partial charge on any atom is -0.497 e. The van der Waals surface area contributed by atoms with Crippen molar-refractivity contribution < 1.29 is 9.84 Å². The smallest absolute Gasteiger partial charge is 0.119 e. The van der Waals surface area contributed by atoms with Gasteiger partial charge in [0.15, 0.2) is 0 Å². The first-order chi connectivity index (χ1) is 11.7. The highest BCUT2D eigenvalue weighted by molar-refractivity contribution is 5.85. The molecule has 0 spiro atoms. The third kappa shape index (κ3) is 3.14. The summed E-state index contributed by atoms with van der Waals surface area (Å²) in [6.45, 7) is 6.07. The average Bonchev–Trinajstić information content (AvgIpc) is 2.66. The molecule has 3 saturated heterocycles. The Morgan fingerprint density at radius 1 is 1.40 bits per heavy atom. The first-order valence-corrected chi connectivity index (χ1v) is 8.68. The fourth-order valence-electron chi connectivity index (χ4n) is 4.44. The number of piperidine rings is 3. The van der Waals surface area contributed by atoms with Crippen molar-refractivity contribution >= 4 is 23.3 Å². The first kappa shape index (κ1) is 18.2. The monoisotopic (exact) mass is 360 g/mol. The highest BCUT2D eigenvalue weighted by Gasteiger charge is 2.42. The van der Waals surface area contributed by atoms with Gasteiger partial charge in [-0.25, -0.2) is 0 Å². The number of fused-ring (bicyclic) bond motifs is 4. The molecule has 2 bridgehead atoms. The summed E-state index contributed by atoms with van der Waals surface area (Å²) in [6.07, 6.45) is 5.62. The Hall–Kier alpha value is -1.62. The topological polar surface area (TPSA) is 45.6 Å². The fourth-order valence-corrected chi connectivity index (χ4v) is 4.44. The lowest BCUT2D eigenvalue weighted by Gasteiger charge is -2.50. The second-order valence-electron chi connectivity index (χ2n) is 6.97. The van der Waals surface area contributed by atoms with Crippen molar-refractivity contribution in [2.24, 2.45) is 11.8 Å². The molecule has 1 aromatic heterocycles. The molecule has 3 aliphatic rings. The molecule has 0 radical (unpaired) electrons. The maximum Gasteiger partial charge on any atom is 0.119 e. The SMILES string of the molecule is C=C[C@H]1C[N@]2CC[C@H]1C[C@@H]2[C@@H](O)c1ccnc2ccc(OC)cc12.Cl. The van der Waals surface area contributed by atoms with E-state index in [1.807, 2.05) is 24.3 Å². The van der Waals surface area contributed by atoms with Crippen LogP contribution in [-0.2, 0) is 0 Å². The molecule has 0 aliphatic carbocycles. The quantitative estimate of drug-likeness (QED) is 0.846. The van der Waals surface area contributed by atoms with E-state index < -0.39 is 6.10 Å². The highest BCUT2D eigenvalue weighted by atomic mass is 35.5. The minimum absolute atomic E-state index is 0. The third-order valence-electron chi connectivity index (χ3n) is 5.82.